The second-order valence-corrected chi connectivity index (χ2v) is 7.56. The largest absolute Gasteiger partial charge is 0.460 e. The number of alkyl halides is 11. The third-order valence-corrected chi connectivity index (χ3v) is 4.95. The quantitative estimate of drug-likeness (QED) is 0.157. The Morgan fingerprint density at radius 1 is 0.400 bits per heavy atom. The fourth-order valence-electron chi connectivity index (χ4n) is 2.95. The van der Waals surface area contributed by atoms with E-state index in [9.17, 15) is 48.3 Å². The highest BCUT2D eigenvalue weighted by Gasteiger charge is 2.86. The number of rotatable bonds is 16. The van der Waals surface area contributed by atoms with Crippen LogP contribution >= 0.6 is 0 Å². The lowest BCUT2D eigenvalue weighted by atomic mass is 9.94. The molecule has 182 valence electrons. The van der Waals surface area contributed by atoms with Gasteiger partial charge in [0.1, 0.15) is 0 Å². The molecule has 0 rings (SSSR count). The van der Waals surface area contributed by atoms with Gasteiger partial charge in [-0.1, -0.05) is 77.6 Å². The molecule has 0 saturated carbocycles. The fourth-order valence-corrected chi connectivity index (χ4v) is 2.95. The zero-order valence-corrected chi connectivity index (χ0v) is 16.8. The van der Waals surface area contributed by atoms with Crippen molar-refractivity contribution in [2.75, 3.05) is 0 Å². The lowest BCUT2D eigenvalue weighted by Crippen LogP contribution is -2.66. The molecule has 0 aliphatic carbocycles. The van der Waals surface area contributed by atoms with Crippen LogP contribution in [0.15, 0.2) is 0 Å². The van der Waals surface area contributed by atoms with Crippen LogP contribution in [0.1, 0.15) is 90.4 Å². The monoisotopic (exact) mass is 466 g/mol. The van der Waals surface area contributed by atoms with Crippen molar-refractivity contribution in [3.63, 3.8) is 0 Å². The second-order valence-electron chi connectivity index (χ2n) is 7.56. The van der Waals surface area contributed by atoms with Crippen molar-refractivity contribution in [2.24, 2.45) is 0 Å². The van der Waals surface area contributed by atoms with Gasteiger partial charge in [0.25, 0.3) is 0 Å². The Balaban J connectivity index is 4.39. The molecule has 0 nitrogen and oxygen atoms in total. The predicted molar refractivity (Wildman–Crippen MR) is 91.5 cm³/mol. The first kappa shape index (κ1) is 29.2. The molecule has 0 radical (unpaired) electrons. The summed E-state index contributed by atoms with van der Waals surface area (Å²) < 4.78 is 141. The van der Waals surface area contributed by atoms with E-state index in [1.165, 1.54) is 6.42 Å². The molecule has 0 aromatic rings. The Morgan fingerprint density at radius 3 is 1.07 bits per heavy atom. The first-order valence-electron chi connectivity index (χ1n) is 10.1. The highest BCUT2D eigenvalue weighted by molar-refractivity contribution is 5.06. The van der Waals surface area contributed by atoms with Crippen molar-refractivity contribution in [2.45, 2.75) is 120 Å². The lowest BCUT2D eigenvalue weighted by Gasteiger charge is -2.37. The van der Waals surface area contributed by atoms with Crippen molar-refractivity contribution >= 4 is 0 Å². The average Bonchev–Trinajstić information content (AvgIpc) is 2.61. The molecule has 0 aromatic heterocycles. The van der Waals surface area contributed by atoms with Gasteiger partial charge >= 0.3 is 29.9 Å². The third kappa shape index (κ3) is 7.43. The maximum atomic E-state index is 13.5. The van der Waals surface area contributed by atoms with Gasteiger partial charge in [-0.2, -0.15) is 48.3 Å². The minimum atomic E-state index is -7.30. The van der Waals surface area contributed by atoms with E-state index in [1.54, 1.807) is 0 Å². The van der Waals surface area contributed by atoms with E-state index >= 15 is 0 Å². The highest BCUT2D eigenvalue weighted by atomic mass is 19.4. The van der Waals surface area contributed by atoms with Gasteiger partial charge in [-0.15, -0.1) is 0 Å². The Morgan fingerprint density at radius 2 is 0.733 bits per heavy atom. The summed E-state index contributed by atoms with van der Waals surface area (Å²) in [5, 5.41) is 0. The molecular formula is C19H29F11. The summed E-state index contributed by atoms with van der Waals surface area (Å²) in [6, 6.07) is 0. The summed E-state index contributed by atoms with van der Waals surface area (Å²) in [6.45, 7) is 2.10. The van der Waals surface area contributed by atoms with Gasteiger partial charge in [0.15, 0.2) is 0 Å². The number of hydrogen-bond donors (Lipinski definition) is 0. The standard InChI is InChI=1S/C19H29F11/c1-2-3-4-5-6-7-8-9-10-11-12-13-14-15(20,21)16(22,23)17(24,25)18(26,27)19(28,29)30/h2-14H2,1H3. The van der Waals surface area contributed by atoms with Crippen LogP contribution in [-0.4, -0.2) is 29.9 Å². The van der Waals surface area contributed by atoms with E-state index in [1.807, 2.05) is 0 Å². The number of hydrogen-bond acceptors (Lipinski definition) is 0. The molecule has 0 fully saturated rings. The molecule has 0 saturated heterocycles. The first-order valence-corrected chi connectivity index (χ1v) is 10.1. The maximum absolute atomic E-state index is 13.5. The van der Waals surface area contributed by atoms with Crippen LogP contribution in [0.5, 0.6) is 0 Å². The Hall–Kier alpha value is -0.770. The molecule has 0 heterocycles. The molecule has 0 atom stereocenters. The summed E-state index contributed by atoms with van der Waals surface area (Å²) in [5.41, 5.74) is 0. The molecule has 0 aliphatic rings. The van der Waals surface area contributed by atoms with E-state index in [4.69, 9.17) is 0 Å². The van der Waals surface area contributed by atoms with Crippen LogP contribution in [0.4, 0.5) is 48.3 Å². The summed E-state index contributed by atoms with van der Waals surface area (Å²) in [5.74, 6) is -27.2. The molecular weight excluding hydrogens is 437 g/mol. The van der Waals surface area contributed by atoms with E-state index in [-0.39, 0.29) is 6.42 Å². The van der Waals surface area contributed by atoms with Gasteiger partial charge in [0, 0.05) is 6.42 Å². The molecule has 0 unspecified atom stereocenters. The van der Waals surface area contributed by atoms with Crippen LogP contribution in [0.25, 0.3) is 0 Å². The van der Waals surface area contributed by atoms with Crippen molar-refractivity contribution in [3.8, 4) is 0 Å². The first-order chi connectivity index (χ1) is 13.6. The highest BCUT2D eigenvalue weighted by Crippen LogP contribution is 2.58. The van der Waals surface area contributed by atoms with Gasteiger partial charge < -0.3 is 0 Å². The van der Waals surface area contributed by atoms with Crippen LogP contribution in [0, 0.1) is 0 Å². The predicted octanol–water partition coefficient (Wildman–Crippen LogP) is 9.18. The molecule has 0 amide bonds. The molecule has 0 aromatic carbocycles. The van der Waals surface area contributed by atoms with Gasteiger partial charge in [0.2, 0.25) is 0 Å². The van der Waals surface area contributed by atoms with E-state index in [0.29, 0.717) is 12.8 Å². The second kappa shape index (κ2) is 11.7. The molecule has 30 heavy (non-hydrogen) atoms. The fraction of sp³-hybridized carbons (Fsp3) is 1.00. The van der Waals surface area contributed by atoms with Crippen LogP contribution < -0.4 is 0 Å². The normalized spacial score (nSPS) is 14.4. The summed E-state index contributed by atoms with van der Waals surface area (Å²) in [4.78, 5) is 0. The van der Waals surface area contributed by atoms with Crippen LogP contribution in [0.2, 0.25) is 0 Å². The van der Waals surface area contributed by atoms with E-state index in [2.05, 4.69) is 6.92 Å². The van der Waals surface area contributed by atoms with Crippen molar-refractivity contribution in [1.29, 1.82) is 0 Å². The average molecular weight is 466 g/mol. The molecule has 0 aliphatic heterocycles. The Labute approximate surface area is 169 Å². The minimum absolute atomic E-state index is 0.0522. The van der Waals surface area contributed by atoms with Crippen LogP contribution in [0.3, 0.4) is 0 Å². The van der Waals surface area contributed by atoms with Crippen LogP contribution in [-0.2, 0) is 0 Å². The summed E-state index contributed by atoms with van der Waals surface area (Å²) in [7, 11) is 0. The zero-order valence-electron chi connectivity index (χ0n) is 16.8. The van der Waals surface area contributed by atoms with E-state index < -0.39 is 42.7 Å². The SMILES string of the molecule is CCCCCCCCCCCCCCC(F)(F)C(F)(F)C(F)(F)C(F)(F)C(F)(F)F. The number of unbranched alkanes of at least 4 members (excludes halogenated alkanes) is 11. The molecule has 11 heteroatoms. The Bertz CT molecular complexity index is 470. The maximum Gasteiger partial charge on any atom is 0.460 e. The molecule has 0 N–H and O–H groups in total. The van der Waals surface area contributed by atoms with Crippen molar-refractivity contribution in [1.82, 2.24) is 0 Å². The van der Waals surface area contributed by atoms with Gasteiger partial charge in [-0.25, -0.2) is 0 Å². The lowest BCUT2D eigenvalue weighted by molar-refractivity contribution is -0.422. The summed E-state index contributed by atoms with van der Waals surface area (Å²) in [6.07, 6.45) is -0.519. The smallest absolute Gasteiger partial charge is 0.200 e. The molecule has 0 bridgehead atoms. The minimum Gasteiger partial charge on any atom is -0.200 e. The number of halogens is 11. The third-order valence-electron chi connectivity index (χ3n) is 4.95. The van der Waals surface area contributed by atoms with Gasteiger partial charge in [-0.05, 0) is 6.42 Å². The Kier molecular flexibility index (Phi) is 11.4. The van der Waals surface area contributed by atoms with E-state index in [0.717, 1.165) is 44.9 Å². The topological polar surface area (TPSA) is 0 Å². The van der Waals surface area contributed by atoms with Gasteiger partial charge in [0.05, 0.1) is 0 Å². The van der Waals surface area contributed by atoms with Crippen molar-refractivity contribution in [3.05, 3.63) is 0 Å². The summed E-state index contributed by atoms with van der Waals surface area (Å²) >= 11 is 0. The van der Waals surface area contributed by atoms with Gasteiger partial charge in [-0.3, -0.25) is 0 Å². The molecule has 0 spiro atoms. The zero-order chi connectivity index (χ0) is 23.7. The van der Waals surface area contributed by atoms with Crippen molar-refractivity contribution < 1.29 is 48.3 Å².